The zero-order valence-corrected chi connectivity index (χ0v) is 5.89. The highest BCUT2D eigenvalue weighted by molar-refractivity contribution is 5.74. The van der Waals surface area contributed by atoms with E-state index in [2.05, 4.69) is 10.6 Å². The molecule has 1 aliphatic carbocycles. The molecule has 3 heteroatoms. The maximum Gasteiger partial charge on any atom is 0.314 e. The van der Waals surface area contributed by atoms with Crippen LogP contribution < -0.4 is 10.6 Å². The Balaban J connectivity index is 1.84. The van der Waals surface area contributed by atoms with Crippen molar-refractivity contribution < 1.29 is 4.79 Å². The minimum absolute atomic E-state index is 0.00287. The van der Waals surface area contributed by atoms with E-state index in [1.807, 2.05) is 0 Å². The average Bonchev–Trinajstić information content (AvgIpc) is 2.71. The van der Waals surface area contributed by atoms with Gasteiger partial charge in [0.2, 0.25) is 0 Å². The van der Waals surface area contributed by atoms with Crippen LogP contribution in [0.3, 0.4) is 0 Å². The number of carbonyl (C=O) groups excluding carboxylic acids is 1. The van der Waals surface area contributed by atoms with Crippen LogP contribution in [0.4, 0.5) is 4.79 Å². The lowest BCUT2D eigenvalue weighted by molar-refractivity contribution is 0.226. The largest absolute Gasteiger partial charge is 0.338 e. The molecule has 0 aromatic heterocycles. The smallest absolute Gasteiger partial charge is 0.314 e. The van der Waals surface area contributed by atoms with Gasteiger partial charge in [-0.1, -0.05) is 0 Å². The number of carbonyl (C=O) groups is 1. The van der Waals surface area contributed by atoms with E-state index in [4.69, 9.17) is 0 Å². The van der Waals surface area contributed by atoms with Crippen LogP contribution in [0.5, 0.6) is 0 Å². The summed E-state index contributed by atoms with van der Waals surface area (Å²) in [6, 6.07) is -0.00287. The van der Waals surface area contributed by atoms with Crippen LogP contribution in [-0.2, 0) is 0 Å². The van der Waals surface area contributed by atoms with Crippen LogP contribution in [0.25, 0.3) is 0 Å². The molecule has 2 fully saturated rings. The van der Waals surface area contributed by atoms with Gasteiger partial charge in [-0.05, 0) is 24.7 Å². The fourth-order valence-corrected chi connectivity index (χ4v) is 1.48. The molecule has 0 aromatic rings. The summed E-state index contributed by atoms with van der Waals surface area (Å²) in [6.07, 6.45) is 2.73. The molecule has 2 aliphatic rings. The highest BCUT2D eigenvalue weighted by atomic mass is 16.2. The van der Waals surface area contributed by atoms with E-state index in [1.54, 1.807) is 0 Å². The molecule has 0 aromatic carbocycles. The van der Waals surface area contributed by atoms with E-state index < -0.39 is 0 Å². The van der Waals surface area contributed by atoms with Crippen LogP contribution in [0, 0.1) is 11.8 Å². The van der Waals surface area contributed by atoms with E-state index in [0.29, 0.717) is 5.92 Å². The number of hydrogen-bond acceptors (Lipinski definition) is 1. The lowest BCUT2D eigenvalue weighted by atomic mass is 10.0. The van der Waals surface area contributed by atoms with Crippen LogP contribution >= 0.6 is 0 Å². The Bertz CT molecular complexity index is 144. The topological polar surface area (TPSA) is 41.1 Å². The van der Waals surface area contributed by atoms with Gasteiger partial charge in [0.1, 0.15) is 0 Å². The minimum Gasteiger partial charge on any atom is -0.338 e. The summed E-state index contributed by atoms with van der Waals surface area (Å²) < 4.78 is 0. The molecule has 0 radical (unpaired) electrons. The Labute approximate surface area is 60.2 Å². The van der Waals surface area contributed by atoms with Crippen molar-refractivity contribution in [2.45, 2.75) is 12.8 Å². The Morgan fingerprint density at radius 3 is 2.20 bits per heavy atom. The van der Waals surface area contributed by atoms with E-state index in [0.717, 1.165) is 19.0 Å². The Kier molecular flexibility index (Phi) is 1.29. The van der Waals surface area contributed by atoms with Crippen molar-refractivity contribution in [2.24, 2.45) is 11.8 Å². The first-order valence-electron chi connectivity index (χ1n) is 3.88. The summed E-state index contributed by atoms with van der Waals surface area (Å²) >= 11 is 0. The fourth-order valence-electron chi connectivity index (χ4n) is 1.48. The molecule has 1 saturated heterocycles. The molecular formula is C7H12N2O. The summed E-state index contributed by atoms with van der Waals surface area (Å²) in [6.45, 7) is 1.77. The molecule has 3 nitrogen and oxygen atoms in total. The number of nitrogens with one attached hydrogen (secondary N) is 2. The van der Waals surface area contributed by atoms with Gasteiger partial charge in [0, 0.05) is 13.1 Å². The van der Waals surface area contributed by atoms with Crippen molar-refractivity contribution >= 4 is 6.03 Å². The molecule has 2 amide bonds. The molecule has 2 N–H and O–H groups in total. The number of urea groups is 1. The first-order valence-corrected chi connectivity index (χ1v) is 3.88. The molecule has 1 aliphatic heterocycles. The number of hydrogen-bond donors (Lipinski definition) is 2. The third-order valence-electron chi connectivity index (χ3n) is 2.34. The molecule has 1 saturated carbocycles. The second-order valence-corrected chi connectivity index (χ2v) is 3.19. The van der Waals surface area contributed by atoms with Gasteiger partial charge in [0.25, 0.3) is 0 Å². The quantitative estimate of drug-likeness (QED) is 0.541. The number of amides is 2. The van der Waals surface area contributed by atoms with E-state index in [-0.39, 0.29) is 6.03 Å². The molecule has 0 spiro atoms. The summed E-state index contributed by atoms with van der Waals surface area (Å²) in [7, 11) is 0. The molecule has 10 heavy (non-hydrogen) atoms. The lowest BCUT2D eigenvalue weighted by Gasteiger charge is -2.22. The maximum absolute atomic E-state index is 10.6. The first kappa shape index (κ1) is 6.01. The van der Waals surface area contributed by atoms with Gasteiger partial charge in [-0.3, -0.25) is 0 Å². The Morgan fingerprint density at radius 2 is 1.70 bits per heavy atom. The van der Waals surface area contributed by atoms with E-state index in [1.165, 1.54) is 12.8 Å². The Hall–Kier alpha value is -0.730. The molecule has 2 rings (SSSR count). The van der Waals surface area contributed by atoms with Gasteiger partial charge < -0.3 is 10.6 Å². The summed E-state index contributed by atoms with van der Waals surface area (Å²) in [5.74, 6) is 1.60. The lowest BCUT2D eigenvalue weighted by Crippen LogP contribution is -2.48. The predicted octanol–water partition coefficient (Wildman–Crippen LogP) is 0.325. The zero-order chi connectivity index (χ0) is 6.97. The van der Waals surface area contributed by atoms with Crippen molar-refractivity contribution in [2.75, 3.05) is 13.1 Å². The standard InChI is InChI=1S/C7H12N2O/c10-7-8-3-6(4-9-7)5-1-2-5/h5-6H,1-4H2,(H2,8,9,10). The third kappa shape index (κ3) is 1.08. The zero-order valence-electron chi connectivity index (χ0n) is 5.89. The Morgan fingerprint density at radius 1 is 1.10 bits per heavy atom. The molecule has 0 bridgehead atoms. The van der Waals surface area contributed by atoms with Gasteiger partial charge in [0.05, 0.1) is 0 Å². The van der Waals surface area contributed by atoms with Crippen LogP contribution in [-0.4, -0.2) is 19.1 Å². The van der Waals surface area contributed by atoms with Gasteiger partial charge in [-0.15, -0.1) is 0 Å². The highest BCUT2D eigenvalue weighted by Gasteiger charge is 2.33. The average molecular weight is 140 g/mol. The van der Waals surface area contributed by atoms with Crippen molar-refractivity contribution in [1.82, 2.24) is 10.6 Å². The maximum atomic E-state index is 10.6. The van der Waals surface area contributed by atoms with Crippen LogP contribution in [0.15, 0.2) is 0 Å². The molecule has 56 valence electrons. The second-order valence-electron chi connectivity index (χ2n) is 3.19. The predicted molar refractivity (Wildman–Crippen MR) is 37.6 cm³/mol. The number of rotatable bonds is 1. The molecule has 0 unspecified atom stereocenters. The van der Waals surface area contributed by atoms with Gasteiger partial charge in [0.15, 0.2) is 0 Å². The molecule has 0 atom stereocenters. The van der Waals surface area contributed by atoms with Crippen molar-refractivity contribution in [3.8, 4) is 0 Å². The van der Waals surface area contributed by atoms with E-state index in [9.17, 15) is 4.79 Å². The monoisotopic (exact) mass is 140 g/mol. The van der Waals surface area contributed by atoms with Crippen molar-refractivity contribution in [3.63, 3.8) is 0 Å². The molecular weight excluding hydrogens is 128 g/mol. The normalized spacial score (nSPS) is 27.4. The fraction of sp³-hybridized carbons (Fsp3) is 0.857. The highest BCUT2D eigenvalue weighted by Crippen LogP contribution is 2.36. The van der Waals surface area contributed by atoms with Crippen LogP contribution in [0.1, 0.15) is 12.8 Å². The molecule has 1 heterocycles. The van der Waals surface area contributed by atoms with Crippen molar-refractivity contribution in [3.05, 3.63) is 0 Å². The second kappa shape index (κ2) is 2.15. The van der Waals surface area contributed by atoms with Gasteiger partial charge >= 0.3 is 6.03 Å². The summed E-state index contributed by atoms with van der Waals surface area (Å²) in [4.78, 5) is 10.6. The van der Waals surface area contributed by atoms with Crippen molar-refractivity contribution in [1.29, 1.82) is 0 Å². The summed E-state index contributed by atoms with van der Waals surface area (Å²) in [5, 5.41) is 5.61. The summed E-state index contributed by atoms with van der Waals surface area (Å²) in [5.41, 5.74) is 0. The first-order chi connectivity index (χ1) is 4.86. The van der Waals surface area contributed by atoms with Gasteiger partial charge in [-0.2, -0.15) is 0 Å². The third-order valence-corrected chi connectivity index (χ3v) is 2.34. The van der Waals surface area contributed by atoms with Crippen LogP contribution in [0.2, 0.25) is 0 Å². The SMILES string of the molecule is O=C1NCC(C2CC2)CN1. The van der Waals surface area contributed by atoms with E-state index >= 15 is 0 Å². The van der Waals surface area contributed by atoms with Gasteiger partial charge in [-0.25, -0.2) is 4.79 Å². The minimum atomic E-state index is -0.00287.